The summed E-state index contributed by atoms with van der Waals surface area (Å²) < 4.78 is 0. The normalized spacial score (nSPS) is 17.6. The number of benzene rings is 1. The van der Waals surface area contributed by atoms with E-state index in [1.165, 1.54) is 0 Å². The van der Waals surface area contributed by atoms with Crippen molar-refractivity contribution in [2.24, 2.45) is 5.92 Å². The van der Waals surface area contributed by atoms with Crippen LogP contribution in [0.5, 0.6) is 0 Å². The van der Waals surface area contributed by atoms with Crippen molar-refractivity contribution in [1.29, 1.82) is 0 Å². The Bertz CT molecular complexity index is 400. The average Bonchev–Trinajstić information content (AvgIpc) is 3.27. The molecule has 0 saturated heterocycles. The molecule has 1 aromatic carbocycles. The highest BCUT2D eigenvalue weighted by molar-refractivity contribution is 5.74. The zero-order chi connectivity index (χ0) is 13.7. The maximum atomic E-state index is 12.0. The molecule has 1 fully saturated rings. The molecule has 2 atom stereocenters. The maximum absolute atomic E-state index is 12.0. The number of nitrogens with one attached hydrogen (secondary N) is 2. The summed E-state index contributed by atoms with van der Waals surface area (Å²) in [4.78, 5) is 12.0. The minimum Gasteiger partial charge on any atom is -0.394 e. The predicted octanol–water partition coefficient (Wildman–Crippen LogP) is 2.21. The van der Waals surface area contributed by atoms with Gasteiger partial charge in [0.15, 0.2) is 0 Å². The number of carbonyl (C=O) groups is 1. The molecule has 2 rings (SSSR count). The summed E-state index contributed by atoms with van der Waals surface area (Å²) in [5, 5.41) is 14.9. The Morgan fingerprint density at radius 1 is 1.32 bits per heavy atom. The molecule has 4 heteroatoms. The van der Waals surface area contributed by atoms with E-state index >= 15 is 0 Å². The summed E-state index contributed by atoms with van der Waals surface area (Å²) in [6.45, 7) is 1.92. The summed E-state index contributed by atoms with van der Waals surface area (Å²) in [6.07, 6.45) is 3.05. The number of carbonyl (C=O) groups excluding carboxylic acids is 1. The predicted molar refractivity (Wildman–Crippen MR) is 74.7 cm³/mol. The van der Waals surface area contributed by atoms with Crippen molar-refractivity contribution < 1.29 is 9.90 Å². The lowest BCUT2D eigenvalue weighted by Crippen LogP contribution is -2.45. The minimum absolute atomic E-state index is 0.0245. The molecule has 1 aliphatic carbocycles. The van der Waals surface area contributed by atoms with Crippen molar-refractivity contribution in [1.82, 2.24) is 10.6 Å². The molecule has 19 heavy (non-hydrogen) atoms. The SMILES string of the molecule is CCC(CO)NC(=O)NC(c1ccccc1)C1CC1. The third kappa shape index (κ3) is 3.96. The Balaban J connectivity index is 1.96. The molecule has 2 unspecified atom stereocenters. The van der Waals surface area contributed by atoms with Crippen molar-refractivity contribution in [2.45, 2.75) is 38.3 Å². The lowest BCUT2D eigenvalue weighted by atomic mass is 10.0. The number of aliphatic hydroxyl groups excluding tert-OH is 1. The van der Waals surface area contributed by atoms with Gasteiger partial charge in [-0.05, 0) is 30.7 Å². The lowest BCUT2D eigenvalue weighted by molar-refractivity contribution is 0.211. The first kappa shape index (κ1) is 13.9. The third-order valence-corrected chi connectivity index (χ3v) is 3.59. The van der Waals surface area contributed by atoms with Crippen LogP contribution in [0.15, 0.2) is 30.3 Å². The first-order valence-corrected chi connectivity index (χ1v) is 6.97. The first-order valence-electron chi connectivity index (χ1n) is 6.97. The standard InChI is InChI=1S/C15H22N2O2/c1-2-13(10-18)16-15(19)17-14(12-8-9-12)11-6-4-3-5-7-11/h3-7,12-14,18H,2,8-10H2,1H3,(H2,16,17,19). The van der Waals surface area contributed by atoms with Gasteiger partial charge in [-0.15, -0.1) is 0 Å². The highest BCUT2D eigenvalue weighted by Gasteiger charge is 2.33. The van der Waals surface area contributed by atoms with Crippen molar-refractivity contribution >= 4 is 6.03 Å². The zero-order valence-electron chi connectivity index (χ0n) is 11.3. The Labute approximate surface area is 114 Å². The van der Waals surface area contributed by atoms with Gasteiger partial charge in [-0.2, -0.15) is 0 Å². The molecular weight excluding hydrogens is 240 g/mol. The van der Waals surface area contributed by atoms with E-state index in [9.17, 15) is 4.79 Å². The Hall–Kier alpha value is -1.55. The Kier molecular flexibility index (Phi) is 4.80. The van der Waals surface area contributed by atoms with Crippen molar-refractivity contribution in [2.75, 3.05) is 6.61 Å². The highest BCUT2D eigenvalue weighted by atomic mass is 16.3. The van der Waals surface area contributed by atoms with Gasteiger partial charge < -0.3 is 15.7 Å². The van der Waals surface area contributed by atoms with Gasteiger partial charge in [-0.25, -0.2) is 4.79 Å². The van der Waals surface area contributed by atoms with Crippen molar-refractivity contribution in [3.8, 4) is 0 Å². The summed E-state index contributed by atoms with van der Waals surface area (Å²) in [7, 11) is 0. The fourth-order valence-corrected chi connectivity index (χ4v) is 2.21. The quantitative estimate of drug-likeness (QED) is 0.736. The van der Waals surface area contributed by atoms with Crippen LogP contribution in [0.2, 0.25) is 0 Å². The van der Waals surface area contributed by atoms with Gasteiger partial charge in [-0.1, -0.05) is 37.3 Å². The van der Waals surface area contributed by atoms with Crippen LogP contribution in [-0.2, 0) is 0 Å². The number of urea groups is 1. The van der Waals surface area contributed by atoms with Crippen LogP contribution < -0.4 is 10.6 Å². The topological polar surface area (TPSA) is 61.4 Å². The second-order valence-corrected chi connectivity index (χ2v) is 5.13. The van der Waals surface area contributed by atoms with Gasteiger partial charge in [0.25, 0.3) is 0 Å². The van der Waals surface area contributed by atoms with E-state index in [-0.39, 0.29) is 24.7 Å². The van der Waals surface area contributed by atoms with E-state index in [0.717, 1.165) is 24.8 Å². The number of rotatable bonds is 6. The van der Waals surface area contributed by atoms with Crippen LogP contribution in [0.1, 0.15) is 37.8 Å². The van der Waals surface area contributed by atoms with Crippen LogP contribution in [0.4, 0.5) is 4.79 Å². The Morgan fingerprint density at radius 3 is 2.53 bits per heavy atom. The van der Waals surface area contributed by atoms with Gasteiger partial charge >= 0.3 is 6.03 Å². The molecule has 0 radical (unpaired) electrons. The number of hydrogen-bond acceptors (Lipinski definition) is 2. The highest BCUT2D eigenvalue weighted by Crippen LogP contribution is 2.40. The first-order chi connectivity index (χ1) is 9.24. The fourth-order valence-electron chi connectivity index (χ4n) is 2.21. The van der Waals surface area contributed by atoms with Gasteiger partial charge in [0.1, 0.15) is 0 Å². The summed E-state index contributed by atoms with van der Waals surface area (Å²) in [5.41, 5.74) is 1.15. The molecule has 0 spiro atoms. The summed E-state index contributed by atoms with van der Waals surface area (Å²) in [5.74, 6) is 0.544. The second kappa shape index (κ2) is 6.57. The van der Waals surface area contributed by atoms with E-state index in [0.29, 0.717) is 5.92 Å². The van der Waals surface area contributed by atoms with Gasteiger partial charge in [0.2, 0.25) is 0 Å². The van der Waals surface area contributed by atoms with Crippen molar-refractivity contribution in [3.05, 3.63) is 35.9 Å². The lowest BCUT2D eigenvalue weighted by Gasteiger charge is -2.21. The summed E-state index contributed by atoms with van der Waals surface area (Å²) in [6, 6.07) is 9.78. The van der Waals surface area contributed by atoms with E-state index in [1.807, 2.05) is 37.3 Å². The number of amides is 2. The number of aliphatic hydroxyl groups is 1. The molecule has 0 aromatic heterocycles. The average molecular weight is 262 g/mol. The van der Waals surface area contributed by atoms with Crippen LogP contribution >= 0.6 is 0 Å². The molecule has 1 aliphatic rings. The Morgan fingerprint density at radius 2 is 2.00 bits per heavy atom. The molecule has 1 aromatic rings. The molecule has 0 aliphatic heterocycles. The van der Waals surface area contributed by atoms with E-state index < -0.39 is 0 Å². The molecule has 3 N–H and O–H groups in total. The second-order valence-electron chi connectivity index (χ2n) is 5.13. The largest absolute Gasteiger partial charge is 0.394 e. The zero-order valence-corrected chi connectivity index (χ0v) is 11.3. The molecule has 0 heterocycles. The molecule has 4 nitrogen and oxygen atoms in total. The van der Waals surface area contributed by atoms with Crippen molar-refractivity contribution in [3.63, 3.8) is 0 Å². The smallest absolute Gasteiger partial charge is 0.315 e. The molecule has 1 saturated carbocycles. The van der Waals surface area contributed by atoms with Gasteiger partial charge in [0, 0.05) is 0 Å². The van der Waals surface area contributed by atoms with Crippen LogP contribution in [-0.4, -0.2) is 23.8 Å². The van der Waals surface area contributed by atoms with E-state index in [4.69, 9.17) is 5.11 Å². The van der Waals surface area contributed by atoms with Gasteiger partial charge in [0.05, 0.1) is 18.7 Å². The fraction of sp³-hybridized carbons (Fsp3) is 0.533. The molecular formula is C15H22N2O2. The van der Waals surface area contributed by atoms with Crippen LogP contribution in [0, 0.1) is 5.92 Å². The molecule has 104 valence electrons. The van der Waals surface area contributed by atoms with Crippen LogP contribution in [0.3, 0.4) is 0 Å². The maximum Gasteiger partial charge on any atom is 0.315 e. The van der Waals surface area contributed by atoms with E-state index in [2.05, 4.69) is 10.6 Å². The monoisotopic (exact) mass is 262 g/mol. The third-order valence-electron chi connectivity index (χ3n) is 3.59. The molecule has 0 bridgehead atoms. The van der Waals surface area contributed by atoms with E-state index in [1.54, 1.807) is 0 Å². The van der Waals surface area contributed by atoms with Crippen LogP contribution in [0.25, 0.3) is 0 Å². The minimum atomic E-state index is -0.193. The van der Waals surface area contributed by atoms with Gasteiger partial charge in [-0.3, -0.25) is 0 Å². The summed E-state index contributed by atoms with van der Waals surface area (Å²) >= 11 is 0. The number of hydrogen-bond donors (Lipinski definition) is 3. The molecule has 2 amide bonds.